The molecule has 10 heteroatoms. The van der Waals surface area contributed by atoms with Crippen molar-refractivity contribution in [3.05, 3.63) is 95.1 Å². The standard InChI is InChI=1S/C35H40N4O4S.ClH/c36-30(34(41)39-22-44-21-32(39)33(40)38-31-18-9-11-23-10-1-2-12-24(23)31)17-7-8-19-37-35(42)43-20-29-27-15-5-3-13-25(27)26-14-4-6-16-28(26)29;/h1-6,10,12-16,29-32H,7-9,11,17-22,36H2,(H,37,42)(H,38,40);1H. The van der Waals surface area contributed by atoms with Crippen LogP contribution in [0, 0.1) is 0 Å². The number of aryl methyl sites for hydroxylation is 1. The second kappa shape index (κ2) is 15.2. The van der Waals surface area contributed by atoms with Gasteiger partial charge in [-0.2, -0.15) is 0 Å². The number of unbranched alkanes of at least 4 members (excludes halogenated alkanes) is 1. The van der Waals surface area contributed by atoms with Gasteiger partial charge in [0.15, 0.2) is 0 Å². The highest BCUT2D eigenvalue weighted by atomic mass is 35.5. The predicted molar refractivity (Wildman–Crippen MR) is 180 cm³/mol. The molecule has 3 aliphatic rings. The zero-order valence-corrected chi connectivity index (χ0v) is 26.9. The van der Waals surface area contributed by atoms with Gasteiger partial charge in [-0.25, -0.2) is 4.79 Å². The minimum Gasteiger partial charge on any atom is -0.449 e. The van der Waals surface area contributed by atoms with Gasteiger partial charge >= 0.3 is 6.09 Å². The number of nitrogens with two attached hydrogens (primary N) is 1. The van der Waals surface area contributed by atoms with Crippen LogP contribution >= 0.6 is 24.2 Å². The molecule has 0 bridgehead atoms. The molecule has 6 rings (SSSR count). The van der Waals surface area contributed by atoms with Crippen molar-refractivity contribution in [2.24, 2.45) is 5.73 Å². The topological polar surface area (TPSA) is 114 Å². The molecule has 1 heterocycles. The van der Waals surface area contributed by atoms with Gasteiger partial charge in [0.2, 0.25) is 11.8 Å². The molecule has 1 aliphatic heterocycles. The molecule has 0 saturated carbocycles. The summed E-state index contributed by atoms with van der Waals surface area (Å²) in [5.74, 6) is 0.760. The van der Waals surface area contributed by atoms with Gasteiger partial charge in [0.05, 0.1) is 18.0 Å². The molecule has 3 aromatic carbocycles. The van der Waals surface area contributed by atoms with Crippen LogP contribution in [0.4, 0.5) is 4.79 Å². The smallest absolute Gasteiger partial charge is 0.407 e. The van der Waals surface area contributed by atoms with Crippen LogP contribution in [0.1, 0.15) is 66.3 Å². The fourth-order valence-electron chi connectivity index (χ4n) is 6.71. The number of hydrogen-bond donors (Lipinski definition) is 3. The molecule has 1 saturated heterocycles. The van der Waals surface area contributed by atoms with E-state index in [1.54, 1.807) is 16.7 Å². The largest absolute Gasteiger partial charge is 0.449 e. The maximum atomic E-state index is 13.3. The third-order valence-corrected chi connectivity index (χ3v) is 10.0. The molecule has 3 unspecified atom stereocenters. The summed E-state index contributed by atoms with van der Waals surface area (Å²) < 4.78 is 5.61. The molecule has 3 aromatic rings. The number of thioether (sulfide) groups is 1. The van der Waals surface area contributed by atoms with E-state index in [0.717, 1.165) is 19.3 Å². The Hall–Kier alpha value is -3.53. The number of nitrogens with one attached hydrogen (secondary N) is 2. The molecule has 2 aliphatic carbocycles. The zero-order chi connectivity index (χ0) is 30.5. The molecule has 3 atom stereocenters. The van der Waals surface area contributed by atoms with E-state index in [0.29, 0.717) is 37.4 Å². The van der Waals surface area contributed by atoms with Gasteiger partial charge in [-0.3, -0.25) is 9.59 Å². The normalized spacial score (nSPS) is 19.0. The number of carbonyl (C=O) groups excluding carboxylic acids is 3. The van der Waals surface area contributed by atoms with E-state index in [2.05, 4.69) is 47.0 Å². The summed E-state index contributed by atoms with van der Waals surface area (Å²) in [5.41, 5.74) is 13.5. The number of hydrogen-bond acceptors (Lipinski definition) is 6. The molecule has 3 amide bonds. The van der Waals surface area contributed by atoms with Gasteiger partial charge < -0.3 is 26.0 Å². The molecule has 238 valence electrons. The Bertz CT molecular complexity index is 1470. The molecule has 1 fully saturated rings. The van der Waals surface area contributed by atoms with Crippen LogP contribution in [-0.4, -0.2) is 59.7 Å². The van der Waals surface area contributed by atoms with Gasteiger partial charge in [0, 0.05) is 18.2 Å². The van der Waals surface area contributed by atoms with E-state index in [1.807, 2.05) is 36.4 Å². The maximum absolute atomic E-state index is 13.3. The Balaban J connectivity index is 0.00000400. The molecule has 0 spiro atoms. The summed E-state index contributed by atoms with van der Waals surface area (Å²) in [4.78, 5) is 40.6. The quantitative estimate of drug-likeness (QED) is 0.249. The first-order valence-corrected chi connectivity index (χ1v) is 16.8. The van der Waals surface area contributed by atoms with Crippen molar-refractivity contribution in [3.63, 3.8) is 0 Å². The van der Waals surface area contributed by atoms with Crippen LogP contribution in [0.25, 0.3) is 11.1 Å². The number of fused-ring (bicyclic) bond motifs is 4. The lowest BCUT2D eigenvalue weighted by Crippen LogP contribution is -2.52. The Kier molecular flexibility index (Phi) is 11.1. The van der Waals surface area contributed by atoms with Crippen LogP contribution in [0.5, 0.6) is 0 Å². The van der Waals surface area contributed by atoms with Crippen LogP contribution in [0.2, 0.25) is 0 Å². The van der Waals surface area contributed by atoms with Gasteiger partial charge in [0.1, 0.15) is 12.6 Å². The molecule has 45 heavy (non-hydrogen) atoms. The first kappa shape index (κ1) is 32.9. The Labute approximate surface area is 275 Å². The molecule has 4 N–H and O–H groups in total. The number of alkyl carbamates (subject to hydrolysis) is 1. The van der Waals surface area contributed by atoms with Crippen molar-refractivity contribution in [3.8, 4) is 11.1 Å². The molecule has 0 aromatic heterocycles. The fourth-order valence-corrected chi connectivity index (χ4v) is 7.88. The highest BCUT2D eigenvalue weighted by molar-refractivity contribution is 7.99. The first-order valence-electron chi connectivity index (χ1n) is 15.6. The highest BCUT2D eigenvalue weighted by Crippen LogP contribution is 2.44. The van der Waals surface area contributed by atoms with Gasteiger partial charge in [-0.05, 0) is 71.9 Å². The van der Waals surface area contributed by atoms with Crippen molar-refractivity contribution < 1.29 is 19.1 Å². The number of rotatable bonds is 10. The Morgan fingerprint density at radius 3 is 2.33 bits per heavy atom. The first-order chi connectivity index (χ1) is 21.5. The summed E-state index contributed by atoms with van der Waals surface area (Å²) in [6, 6.07) is 23.5. The summed E-state index contributed by atoms with van der Waals surface area (Å²) in [6.07, 6.45) is 4.35. The molecular weight excluding hydrogens is 608 g/mol. The monoisotopic (exact) mass is 648 g/mol. The third kappa shape index (κ3) is 7.32. The van der Waals surface area contributed by atoms with Crippen LogP contribution in [0.15, 0.2) is 72.8 Å². The average Bonchev–Trinajstić information content (AvgIpc) is 3.67. The maximum Gasteiger partial charge on any atom is 0.407 e. The van der Waals surface area contributed by atoms with E-state index in [-0.39, 0.29) is 42.8 Å². The number of carbonyl (C=O) groups is 3. The lowest BCUT2D eigenvalue weighted by Gasteiger charge is -2.30. The molecular formula is C35H41ClN4O4S. The second-order valence-electron chi connectivity index (χ2n) is 11.8. The minimum absolute atomic E-state index is 0. The Morgan fingerprint density at radius 2 is 1.60 bits per heavy atom. The average molecular weight is 649 g/mol. The highest BCUT2D eigenvalue weighted by Gasteiger charge is 2.37. The Morgan fingerprint density at radius 1 is 0.933 bits per heavy atom. The number of ether oxygens (including phenoxy) is 1. The number of nitrogens with zero attached hydrogens (tertiary/aromatic N) is 1. The van der Waals surface area contributed by atoms with Crippen LogP contribution in [-0.2, 0) is 20.7 Å². The van der Waals surface area contributed by atoms with Gasteiger partial charge in [-0.15, -0.1) is 24.2 Å². The number of halogens is 1. The van der Waals surface area contributed by atoms with E-state index in [1.165, 1.54) is 33.4 Å². The van der Waals surface area contributed by atoms with Gasteiger partial charge in [0.25, 0.3) is 0 Å². The van der Waals surface area contributed by atoms with E-state index in [4.69, 9.17) is 10.5 Å². The second-order valence-corrected chi connectivity index (χ2v) is 12.8. The van der Waals surface area contributed by atoms with Crippen molar-refractivity contribution in [2.45, 2.75) is 62.6 Å². The SMILES string of the molecule is Cl.NC(CCCCNC(=O)OCC1c2ccccc2-c2ccccc21)C(=O)N1CSCC1C(=O)NC1CCCc2ccccc21. The summed E-state index contributed by atoms with van der Waals surface area (Å²) >= 11 is 1.58. The number of benzene rings is 3. The fraction of sp³-hybridized carbons (Fsp3) is 0.400. The summed E-state index contributed by atoms with van der Waals surface area (Å²) in [6.45, 7) is 0.708. The third-order valence-electron chi connectivity index (χ3n) is 9.03. The predicted octanol–water partition coefficient (Wildman–Crippen LogP) is 5.54. The summed E-state index contributed by atoms with van der Waals surface area (Å²) in [7, 11) is 0. The molecule has 8 nitrogen and oxygen atoms in total. The van der Waals surface area contributed by atoms with Crippen molar-refractivity contribution >= 4 is 42.1 Å². The van der Waals surface area contributed by atoms with E-state index in [9.17, 15) is 14.4 Å². The zero-order valence-electron chi connectivity index (χ0n) is 25.3. The van der Waals surface area contributed by atoms with Crippen LogP contribution < -0.4 is 16.4 Å². The summed E-state index contributed by atoms with van der Waals surface area (Å²) in [5, 5.41) is 6.04. The lowest BCUT2D eigenvalue weighted by atomic mass is 9.87. The van der Waals surface area contributed by atoms with E-state index >= 15 is 0 Å². The molecule has 0 radical (unpaired) electrons. The number of amides is 3. The van der Waals surface area contributed by atoms with Crippen molar-refractivity contribution in [2.75, 3.05) is 24.8 Å². The van der Waals surface area contributed by atoms with E-state index < -0.39 is 18.2 Å². The minimum atomic E-state index is -0.686. The van der Waals surface area contributed by atoms with Gasteiger partial charge in [-0.1, -0.05) is 72.8 Å². The van der Waals surface area contributed by atoms with Crippen LogP contribution in [0.3, 0.4) is 0 Å². The lowest BCUT2D eigenvalue weighted by molar-refractivity contribution is -0.139. The van der Waals surface area contributed by atoms with Crippen molar-refractivity contribution in [1.29, 1.82) is 0 Å². The van der Waals surface area contributed by atoms with Crippen molar-refractivity contribution in [1.82, 2.24) is 15.5 Å².